The third-order valence-corrected chi connectivity index (χ3v) is 12.7. The molecular formula is C40H40N3+. The summed E-state index contributed by atoms with van der Waals surface area (Å²) in [7, 11) is 0. The fraction of sp³-hybridized carbons (Fsp3) is 0.325. The fourth-order valence-electron chi connectivity index (χ4n) is 9.30. The van der Waals surface area contributed by atoms with Crippen molar-refractivity contribution in [2.45, 2.75) is 89.4 Å². The summed E-state index contributed by atoms with van der Waals surface area (Å²) >= 11 is 0. The molecule has 0 saturated heterocycles. The summed E-state index contributed by atoms with van der Waals surface area (Å²) in [5, 5.41) is 8.44. The molecule has 0 saturated carbocycles. The monoisotopic (exact) mass is 562 g/mol. The molecule has 0 spiro atoms. The van der Waals surface area contributed by atoms with Crippen molar-refractivity contribution in [3.63, 3.8) is 0 Å². The van der Waals surface area contributed by atoms with Gasteiger partial charge in [-0.25, -0.2) is 0 Å². The van der Waals surface area contributed by atoms with Gasteiger partial charge in [-0.15, -0.1) is 4.58 Å². The number of hydrogen-bond acceptors (Lipinski definition) is 0. The van der Waals surface area contributed by atoms with Crippen LogP contribution in [0.25, 0.3) is 45.5 Å². The normalized spacial score (nSPS) is 17.0. The van der Waals surface area contributed by atoms with E-state index in [2.05, 4.69) is 115 Å². The zero-order valence-corrected chi connectivity index (χ0v) is 27.7. The van der Waals surface area contributed by atoms with E-state index in [1.54, 1.807) is 0 Å². The first-order chi connectivity index (χ1) is 20.4. The largest absolute Gasteiger partial charge is 0.326 e. The van der Waals surface area contributed by atoms with Gasteiger partial charge in [0, 0.05) is 33.7 Å². The average molecular weight is 563 g/mol. The molecule has 3 heteroatoms. The number of hydrogen-bond donors (Lipinski definition) is 0. The number of fused-ring (bicyclic) bond motifs is 9. The second-order valence-electron chi connectivity index (χ2n) is 14.0. The Morgan fingerprint density at radius 1 is 0.419 bits per heavy atom. The number of aromatic nitrogens is 2. The first kappa shape index (κ1) is 25.4. The molecular weight excluding hydrogens is 522 g/mol. The molecule has 5 aromatic rings. The Balaban J connectivity index is 1.63. The summed E-state index contributed by atoms with van der Waals surface area (Å²) in [6, 6.07) is 0. The van der Waals surface area contributed by atoms with E-state index in [1.165, 1.54) is 133 Å². The van der Waals surface area contributed by atoms with Crippen molar-refractivity contribution in [2.24, 2.45) is 0 Å². The van der Waals surface area contributed by atoms with Crippen LogP contribution in [0.2, 0.25) is 0 Å². The van der Waals surface area contributed by atoms with Crippen LogP contribution in [-0.2, 0) is 0 Å². The predicted molar refractivity (Wildman–Crippen MR) is 181 cm³/mol. The van der Waals surface area contributed by atoms with E-state index in [4.69, 9.17) is 0 Å². The molecule has 1 atom stereocenters. The van der Waals surface area contributed by atoms with Gasteiger partial charge in [-0.05, 0) is 156 Å². The van der Waals surface area contributed by atoms with Crippen LogP contribution in [0.5, 0.6) is 0 Å². The van der Waals surface area contributed by atoms with E-state index in [0.29, 0.717) is 0 Å². The second kappa shape index (κ2) is 7.50. The minimum absolute atomic E-state index is 0.0328. The van der Waals surface area contributed by atoms with Gasteiger partial charge < -0.3 is 0 Å². The van der Waals surface area contributed by atoms with E-state index in [1.807, 2.05) is 0 Å². The van der Waals surface area contributed by atoms with Crippen molar-refractivity contribution in [1.82, 2.24) is 9.13 Å². The lowest BCUT2D eigenvalue weighted by Crippen LogP contribution is -2.48. The highest BCUT2D eigenvalue weighted by molar-refractivity contribution is 6.25. The molecule has 6 heterocycles. The fourth-order valence-corrected chi connectivity index (χ4v) is 9.30. The van der Waals surface area contributed by atoms with Gasteiger partial charge >= 0.3 is 6.29 Å². The van der Waals surface area contributed by atoms with Crippen LogP contribution in [0.1, 0.15) is 95.6 Å². The van der Waals surface area contributed by atoms with E-state index in [-0.39, 0.29) is 6.29 Å². The quantitative estimate of drug-likeness (QED) is 0.173. The summed E-state index contributed by atoms with van der Waals surface area (Å²) in [5.74, 6) is 0. The van der Waals surface area contributed by atoms with Crippen LogP contribution in [0, 0.1) is 83.1 Å². The van der Waals surface area contributed by atoms with Crippen molar-refractivity contribution < 1.29 is 4.58 Å². The zero-order chi connectivity index (χ0) is 30.3. The minimum Gasteiger partial charge on any atom is -0.263 e. The third kappa shape index (κ3) is 2.49. The van der Waals surface area contributed by atoms with E-state index >= 15 is 0 Å². The van der Waals surface area contributed by atoms with E-state index < -0.39 is 0 Å². The average Bonchev–Trinajstić information content (AvgIpc) is 3.63. The SMILES string of the molecule is Cc1c(C)c(C)c2c(c1C)C1=Cc3c4c(C)c(C)c(C)c(C)c4c4n3C3n5c(c6c(C)c(C)c(C)c(C)c6c5=C4)=CC2=[N+]13. The summed E-state index contributed by atoms with van der Waals surface area (Å²) in [6.45, 7) is 27.9. The van der Waals surface area contributed by atoms with Crippen molar-refractivity contribution in [3.8, 4) is 0 Å². The van der Waals surface area contributed by atoms with E-state index in [9.17, 15) is 0 Å². The van der Waals surface area contributed by atoms with Gasteiger partial charge in [0.15, 0.2) is 0 Å². The molecule has 0 bridgehead atoms. The highest BCUT2D eigenvalue weighted by Gasteiger charge is 2.50. The van der Waals surface area contributed by atoms with Crippen molar-refractivity contribution in [3.05, 3.63) is 100.0 Å². The van der Waals surface area contributed by atoms with Crippen molar-refractivity contribution in [2.75, 3.05) is 0 Å². The first-order valence-electron chi connectivity index (χ1n) is 15.8. The lowest BCUT2D eigenvalue weighted by Gasteiger charge is -2.30. The molecule has 0 amide bonds. The Morgan fingerprint density at radius 3 is 1.37 bits per heavy atom. The molecule has 0 radical (unpaired) electrons. The van der Waals surface area contributed by atoms with Gasteiger partial charge in [0.25, 0.3) is 0 Å². The molecule has 0 fully saturated rings. The molecule has 1 unspecified atom stereocenters. The molecule has 9 rings (SSSR count). The van der Waals surface area contributed by atoms with Gasteiger partial charge in [0.05, 0.1) is 33.2 Å². The van der Waals surface area contributed by atoms with Gasteiger partial charge in [-0.2, -0.15) is 0 Å². The molecule has 3 aromatic carbocycles. The highest BCUT2D eigenvalue weighted by atomic mass is 15.4. The van der Waals surface area contributed by atoms with Crippen LogP contribution >= 0.6 is 0 Å². The van der Waals surface area contributed by atoms with Crippen LogP contribution < -0.4 is 10.7 Å². The molecule has 214 valence electrons. The van der Waals surface area contributed by atoms with E-state index in [0.717, 1.165) is 0 Å². The molecule has 4 aliphatic heterocycles. The van der Waals surface area contributed by atoms with Gasteiger partial charge in [0.1, 0.15) is 0 Å². The number of rotatable bonds is 0. The lowest BCUT2D eigenvalue weighted by atomic mass is 9.86. The Kier molecular flexibility index (Phi) is 4.43. The van der Waals surface area contributed by atoms with Crippen LogP contribution in [0.3, 0.4) is 0 Å². The molecule has 43 heavy (non-hydrogen) atoms. The van der Waals surface area contributed by atoms with Crippen LogP contribution in [-0.4, -0.2) is 19.4 Å². The predicted octanol–water partition coefficient (Wildman–Crippen LogP) is 7.56. The summed E-state index contributed by atoms with van der Waals surface area (Å²) in [5.41, 5.74) is 25.3. The minimum atomic E-state index is 0.0328. The Hall–Kier alpha value is -4.11. The standard InChI is InChI=1S/C40H40N3/c1-16-17(2)23(8)35-29-14-31-37-25(10)20(5)21(6)27(12)39(37)33-15-32-38-26(11)19(4)18(3)24(9)36(38)30-13-28(34(35)22(16)7)41(29)40(42(30)32)43(31)33/h13-15,40H,1-12H3/q+1. The molecule has 0 N–H and O–H groups in total. The molecule has 2 aromatic heterocycles. The number of nitrogens with zero attached hydrogens (tertiary/aromatic N) is 3. The van der Waals surface area contributed by atoms with Gasteiger partial charge in [0.2, 0.25) is 11.4 Å². The molecule has 4 aliphatic rings. The lowest BCUT2D eigenvalue weighted by molar-refractivity contribution is -0.512. The maximum atomic E-state index is 2.68. The smallest absolute Gasteiger partial charge is 0.263 e. The topological polar surface area (TPSA) is 12.9 Å². The summed E-state index contributed by atoms with van der Waals surface area (Å²) in [6.07, 6.45) is 7.62. The molecule has 3 nitrogen and oxygen atoms in total. The Morgan fingerprint density at radius 2 is 0.837 bits per heavy atom. The highest BCUT2D eigenvalue weighted by Crippen LogP contribution is 2.49. The summed E-state index contributed by atoms with van der Waals surface area (Å²) < 4.78 is 8.03. The van der Waals surface area contributed by atoms with Crippen LogP contribution in [0.15, 0.2) is 0 Å². The van der Waals surface area contributed by atoms with Gasteiger partial charge in [-0.3, -0.25) is 9.13 Å². The summed E-state index contributed by atoms with van der Waals surface area (Å²) in [4.78, 5) is 0. The Bertz CT molecular complexity index is 2500. The number of benzene rings is 3. The van der Waals surface area contributed by atoms with Crippen molar-refractivity contribution >= 4 is 51.2 Å². The maximum absolute atomic E-state index is 2.68. The third-order valence-electron chi connectivity index (χ3n) is 12.7. The Labute approximate surface area is 253 Å². The second-order valence-corrected chi connectivity index (χ2v) is 14.0. The molecule has 0 aliphatic carbocycles. The number of aryl methyl sites for hydroxylation is 4. The maximum Gasteiger partial charge on any atom is 0.326 e. The van der Waals surface area contributed by atoms with Gasteiger partial charge in [-0.1, -0.05) is 0 Å². The zero-order valence-electron chi connectivity index (χ0n) is 27.7. The van der Waals surface area contributed by atoms with Crippen molar-refractivity contribution in [1.29, 1.82) is 0 Å². The van der Waals surface area contributed by atoms with Crippen LogP contribution in [0.4, 0.5) is 0 Å². The first-order valence-corrected chi connectivity index (χ1v) is 15.8.